The fourth-order valence-electron chi connectivity index (χ4n) is 1.36. The molecule has 1 rings (SSSR count). The van der Waals surface area contributed by atoms with Crippen LogP contribution in [0.5, 0.6) is 0 Å². The first-order valence-electron chi connectivity index (χ1n) is 5.29. The van der Waals surface area contributed by atoms with Gasteiger partial charge in [-0.3, -0.25) is 0 Å². The molecule has 0 nitrogen and oxygen atoms in total. The standard InChI is InChI=1S/C14H18/c1-3-8-13(4-2)11-12-14-9-6-5-7-10-14/h5-12H,3-4H2,1-2H3/b12-11+,13-8-. The van der Waals surface area contributed by atoms with Gasteiger partial charge >= 0.3 is 0 Å². The van der Waals surface area contributed by atoms with E-state index in [-0.39, 0.29) is 0 Å². The van der Waals surface area contributed by atoms with Gasteiger partial charge in [0.05, 0.1) is 0 Å². The summed E-state index contributed by atoms with van der Waals surface area (Å²) in [5.74, 6) is 0. The van der Waals surface area contributed by atoms with Crippen LogP contribution in [0, 0.1) is 0 Å². The smallest absolute Gasteiger partial charge is 0.0257 e. The molecule has 74 valence electrons. The Labute approximate surface area is 87.0 Å². The van der Waals surface area contributed by atoms with Gasteiger partial charge in [-0.2, -0.15) is 0 Å². The van der Waals surface area contributed by atoms with Crippen molar-refractivity contribution in [2.45, 2.75) is 26.7 Å². The number of hydrogen-bond donors (Lipinski definition) is 0. The Morgan fingerprint density at radius 1 is 1.14 bits per heavy atom. The largest absolute Gasteiger partial charge is 0.0816 e. The van der Waals surface area contributed by atoms with E-state index in [2.05, 4.69) is 56.3 Å². The molecule has 0 heterocycles. The number of rotatable bonds is 4. The fourth-order valence-corrected chi connectivity index (χ4v) is 1.36. The van der Waals surface area contributed by atoms with E-state index < -0.39 is 0 Å². The molecule has 0 atom stereocenters. The van der Waals surface area contributed by atoms with Crippen LogP contribution >= 0.6 is 0 Å². The first kappa shape index (κ1) is 10.8. The lowest BCUT2D eigenvalue weighted by Crippen LogP contribution is -1.75. The number of benzene rings is 1. The molecule has 0 bridgehead atoms. The number of allylic oxidation sites excluding steroid dienone is 3. The van der Waals surface area contributed by atoms with Crippen LogP contribution in [0.3, 0.4) is 0 Å². The zero-order valence-electron chi connectivity index (χ0n) is 9.03. The van der Waals surface area contributed by atoms with Crippen molar-refractivity contribution in [1.82, 2.24) is 0 Å². The summed E-state index contributed by atoms with van der Waals surface area (Å²) in [6.07, 6.45) is 8.88. The molecule has 0 saturated carbocycles. The lowest BCUT2D eigenvalue weighted by Gasteiger charge is -1.96. The molecule has 0 aliphatic rings. The summed E-state index contributed by atoms with van der Waals surface area (Å²) in [5, 5.41) is 0. The second kappa shape index (κ2) is 6.20. The van der Waals surface area contributed by atoms with E-state index in [1.165, 1.54) is 11.1 Å². The van der Waals surface area contributed by atoms with Gasteiger partial charge in [-0.25, -0.2) is 0 Å². The molecule has 1 aromatic carbocycles. The lowest BCUT2D eigenvalue weighted by molar-refractivity contribution is 1.10. The van der Waals surface area contributed by atoms with Gasteiger partial charge in [0.1, 0.15) is 0 Å². The Balaban J connectivity index is 2.68. The second-order valence-corrected chi connectivity index (χ2v) is 3.28. The van der Waals surface area contributed by atoms with Gasteiger partial charge in [0.2, 0.25) is 0 Å². The van der Waals surface area contributed by atoms with Gasteiger partial charge in [-0.05, 0) is 18.4 Å². The Kier molecular flexibility index (Phi) is 4.77. The van der Waals surface area contributed by atoms with Crippen molar-refractivity contribution in [2.24, 2.45) is 0 Å². The molecular formula is C14H18. The van der Waals surface area contributed by atoms with E-state index >= 15 is 0 Å². The van der Waals surface area contributed by atoms with Crippen molar-refractivity contribution in [3.63, 3.8) is 0 Å². The molecular weight excluding hydrogens is 168 g/mol. The van der Waals surface area contributed by atoms with Crippen LogP contribution in [-0.4, -0.2) is 0 Å². The SMILES string of the molecule is CC/C=C(\C=C\c1ccccc1)CC. The summed E-state index contributed by atoms with van der Waals surface area (Å²) in [4.78, 5) is 0. The Hall–Kier alpha value is -1.30. The summed E-state index contributed by atoms with van der Waals surface area (Å²) < 4.78 is 0. The summed E-state index contributed by atoms with van der Waals surface area (Å²) in [6.45, 7) is 4.36. The third-order valence-corrected chi connectivity index (χ3v) is 2.16. The normalized spacial score (nSPS) is 12.3. The minimum absolute atomic E-state index is 1.11. The lowest BCUT2D eigenvalue weighted by atomic mass is 10.1. The molecule has 0 heteroatoms. The monoisotopic (exact) mass is 186 g/mol. The maximum atomic E-state index is 2.28. The third-order valence-electron chi connectivity index (χ3n) is 2.16. The molecule has 0 radical (unpaired) electrons. The summed E-state index contributed by atoms with van der Waals surface area (Å²) >= 11 is 0. The Morgan fingerprint density at radius 2 is 1.86 bits per heavy atom. The van der Waals surface area contributed by atoms with Crippen molar-refractivity contribution in [2.75, 3.05) is 0 Å². The Morgan fingerprint density at radius 3 is 2.43 bits per heavy atom. The van der Waals surface area contributed by atoms with Crippen LogP contribution in [0.1, 0.15) is 32.3 Å². The van der Waals surface area contributed by atoms with Crippen LogP contribution in [0.2, 0.25) is 0 Å². The molecule has 0 unspecified atom stereocenters. The average molecular weight is 186 g/mol. The van der Waals surface area contributed by atoms with Crippen molar-refractivity contribution in [3.8, 4) is 0 Å². The van der Waals surface area contributed by atoms with Gasteiger partial charge in [-0.15, -0.1) is 0 Å². The molecule has 0 aliphatic carbocycles. The maximum absolute atomic E-state index is 2.28. The van der Waals surface area contributed by atoms with Crippen LogP contribution in [0.25, 0.3) is 6.08 Å². The highest BCUT2D eigenvalue weighted by atomic mass is 13.9. The molecule has 0 N–H and O–H groups in total. The van der Waals surface area contributed by atoms with E-state index in [9.17, 15) is 0 Å². The van der Waals surface area contributed by atoms with Crippen LogP contribution < -0.4 is 0 Å². The highest BCUT2D eigenvalue weighted by Crippen LogP contribution is 2.08. The van der Waals surface area contributed by atoms with E-state index in [4.69, 9.17) is 0 Å². The topological polar surface area (TPSA) is 0 Å². The van der Waals surface area contributed by atoms with E-state index in [0.29, 0.717) is 0 Å². The van der Waals surface area contributed by atoms with E-state index in [1.54, 1.807) is 0 Å². The van der Waals surface area contributed by atoms with Gasteiger partial charge in [0.25, 0.3) is 0 Å². The van der Waals surface area contributed by atoms with Gasteiger partial charge in [-0.1, -0.05) is 68.0 Å². The summed E-state index contributed by atoms with van der Waals surface area (Å²) in [6, 6.07) is 10.4. The predicted octanol–water partition coefficient (Wildman–Crippen LogP) is 4.45. The highest BCUT2D eigenvalue weighted by molar-refractivity contribution is 5.52. The maximum Gasteiger partial charge on any atom is -0.0257 e. The second-order valence-electron chi connectivity index (χ2n) is 3.28. The molecule has 14 heavy (non-hydrogen) atoms. The molecule has 0 saturated heterocycles. The van der Waals surface area contributed by atoms with Crippen molar-refractivity contribution in [3.05, 3.63) is 53.6 Å². The van der Waals surface area contributed by atoms with Crippen molar-refractivity contribution in [1.29, 1.82) is 0 Å². The number of hydrogen-bond acceptors (Lipinski definition) is 0. The van der Waals surface area contributed by atoms with Crippen LogP contribution in [0.15, 0.2) is 48.1 Å². The molecule has 0 spiro atoms. The van der Waals surface area contributed by atoms with Crippen molar-refractivity contribution < 1.29 is 0 Å². The zero-order chi connectivity index (χ0) is 10.2. The van der Waals surface area contributed by atoms with E-state index in [0.717, 1.165) is 12.8 Å². The van der Waals surface area contributed by atoms with Gasteiger partial charge in [0.15, 0.2) is 0 Å². The minimum atomic E-state index is 1.11. The third kappa shape index (κ3) is 3.61. The minimum Gasteiger partial charge on any atom is -0.0816 e. The summed E-state index contributed by atoms with van der Waals surface area (Å²) in [7, 11) is 0. The van der Waals surface area contributed by atoms with E-state index in [1.807, 2.05) is 6.07 Å². The first-order chi connectivity index (χ1) is 6.86. The molecule has 0 aliphatic heterocycles. The molecule has 1 aromatic rings. The first-order valence-corrected chi connectivity index (χ1v) is 5.29. The zero-order valence-corrected chi connectivity index (χ0v) is 9.03. The van der Waals surface area contributed by atoms with Crippen LogP contribution in [0.4, 0.5) is 0 Å². The van der Waals surface area contributed by atoms with Gasteiger partial charge in [0, 0.05) is 0 Å². The Bertz CT molecular complexity index is 304. The molecule has 0 amide bonds. The van der Waals surface area contributed by atoms with Crippen molar-refractivity contribution >= 4 is 6.08 Å². The molecule has 0 aromatic heterocycles. The predicted molar refractivity (Wildman–Crippen MR) is 64.1 cm³/mol. The quantitative estimate of drug-likeness (QED) is 0.609. The average Bonchev–Trinajstić information content (AvgIpc) is 2.25. The highest BCUT2D eigenvalue weighted by Gasteiger charge is 1.87. The van der Waals surface area contributed by atoms with Crippen LogP contribution in [-0.2, 0) is 0 Å². The fraction of sp³-hybridized carbons (Fsp3) is 0.286. The van der Waals surface area contributed by atoms with Gasteiger partial charge < -0.3 is 0 Å². The molecule has 0 fully saturated rings. The summed E-state index contributed by atoms with van der Waals surface area (Å²) in [5.41, 5.74) is 2.68.